The molecule has 1 aliphatic rings. The van der Waals surface area contributed by atoms with Crippen LogP contribution in [0.1, 0.15) is 24.8 Å². The quantitative estimate of drug-likeness (QED) is 0.900. The van der Waals surface area contributed by atoms with Gasteiger partial charge in [-0.2, -0.15) is 0 Å². The SMILES string of the molecule is NC1CCCC1OCc1ccc2ncccc2c1. The molecule has 94 valence electrons. The number of nitrogens with zero attached hydrogens (tertiary/aromatic N) is 1. The lowest BCUT2D eigenvalue weighted by Crippen LogP contribution is -2.31. The van der Waals surface area contributed by atoms with Crippen LogP contribution in [0.2, 0.25) is 0 Å². The predicted octanol–water partition coefficient (Wildman–Crippen LogP) is 2.63. The van der Waals surface area contributed by atoms with Gasteiger partial charge in [0.2, 0.25) is 0 Å². The van der Waals surface area contributed by atoms with E-state index in [-0.39, 0.29) is 12.1 Å². The van der Waals surface area contributed by atoms with Gasteiger partial charge in [0.25, 0.3) is 0 Å². The number of benzene rings is 1. The van der Waals surface area contributed by atoms with E-state index < -0.39 is 0 Å². The van der Waals surface area contributed by atoms with Crippen molar-refractivity contribution in [3.63, 3.8) is 0 Å². The summed E-state index contributed by atoms with van der Waals surface area (Å²) in [6.45, 7) is 0.642. The highest BCUT2D eigenvalue weighted by atomic mass is 16.5. The van der Waals surface area contributed by atoms with E-state index in [1.54, 1.807) is 0 Å². The second kappa shape index (κ2) is 5.04. The molecule has 0 bridgehead atoms. The lowest BCUT2D eigenvalue weighted by Gasteiger charge is -2.16. The Balaban J connectivity index is 1.71. The third kappa shape index (κ3) is 2.37. The maximum atomic E-state index is 6.00. The Morgan fingerprint density at radius 1 is 1.28 bits per heavy atom. The molecule has 1 aromatic heterocycles. The first-order valence-electron chi connectivity index (χ1n) is 6.54. The Kier molecular flexibility index (Phi) is 3.26. The van der Waals surface area contributed by atoms with Crippen LogP contribution in [-0.4, -0.2) is 17.1 Å². The van der Waals surface area contributed by atoms with E-state index in [1.165, 1.54) is 12.0 Å². The summed E-state index contributed by atoms with van der Waals surface area (Å²) in [4.78, 5) is 4.31. The van der Waals surface area contributed by atoms with Crippen LogP contribution in [0.3, 0.4) is 0 Å². The maximum Gasteiger partial charge on any atom is 0.0730 e. The molecule has 2 atom stereocenters. The first kappa shape index (κ1) is 11.6. The maximum absolute atomic E-state index is 6.00. The summed E-state index contributed by atoms with van der Waals surface area (Å²) >= 11 is 0. The molecule has 2 aromatic rings. The van der Waals surface area contributed by atoms with Crippen LogP contribution in [0, 0.1) is 0 Å². The standard InChI is InChI=1S/C15H18N2O/c16-13-4-1-5-15(13)18-10-11-6-7-14-12(9-11)3-2-8-17-14/h2-3,6-9,13,15H,1,4-5,10,16H2. The highest BCUT2D eigenvalue weighted by Gasteiger charge is 2.24. The molecule has 0 spiro atoms. The first-order chi connectivity index (χ1) is 8.83. The third-order valence-electron chi connectivity index (χ3n) is 3.64. The molecule has 1 aromatic carbocycles. The number of nitrogens with two attached hydrogens (primary N) is 1. The molecule has 18 heavy (non-hydrogen) atoms. The van der Waals surface area contributed by atoms with Gasteiger partial charge in [0.05, 0.1) is 18.2 Å². The second-order valence-corrected chi connectivity index (χ2v) is 4.97. The van der Waals surface area contributed by atoms with Crippen molar-refractivity contribution in [3.8, 4) is 0 Å². The molecule has 2 N–H and O–H groups in total. The summed E-state index contributed by atoms with van der Waals surface area (Å²) in [5, 5.41) is 1.16. The van der Waals surface area contributed by atoms with Gasteiger partial charge in [0.1, 0.15) is 0 Å². The van der Waals surface area contributed by atoms with Crippen molar-refractivity contribution < 1.29 is 4.74 Å². The highest BCUT2D eigenvalue weighted by molar-refractivity contribution is 5.78. The van der Waals surface area contributed by atoms with Crippen LogP contribution >= 0.6 is 0 Å². The van der Waals surface area contributed by atoms with E-state index in [0.717, 1.165) is 23.7 Å². The number of fused-ring (bicyclic) bond motifs is 1. The van der Waals surface area contributed by atoms with E-state index in [9.17, 15) is 0 Å². The lowest BCUT2D eigenvalue weighted by molar-refractivity contribution is 0.0358. The van der Waals surface area contributed by atoms with E-state index in [4.69, 9.17) is 10.5 Å². The molecule has 0 radical (unpaired) electrons. The molecule has 0 saturated heterocycles. The first-order valence-corrected chi connectivity index (χ1v) is 6.54. The van der Waals surface area contributed by atoms with Crippen LogP contribution in [0.5, 0.6) is 0 Å². The summed E-state index contributed by atoms with van der Waals surface area (Å²) < 4.78 is 5.90. The molecule has 1 aliphatic carbocycles. The number of rotatable bonds is 3. The van der Waals surface area contributed by atoms with Crippen LogP contribution in [0.4, 0.5) is 0 Å². The zero-order chi connectivity index (χ0) is 12.4. The van der Waals surface area contributed by atoms with E-state index in [0.29, 0.717) is 6.61 Å². The molecule has 0 amide bonds. The topological polar surface area (TPSA) is 48.1 Å². The van der Waals surface area contributed by atoms with Crippen LogP contribution in [0.25, 0.3) is 10.9 Å². The van der Waals surface area contributed by atoms with Gasteiger partial charge in [-0.1, -0.05) is 12.1 Å². The van der Waals surface area contributed by atoms with Gasteiger partial charge in [-0.15, -0.1) is 0 Å². The Morgan fingerprint density at radius 2 is 2.22 bits per heavy atom. The van der Waals surface area contributed by atoms with Crippen molar-refractivity contribution in [1.82, 2.24) is 4.98 Å². The molecule has 3 nitrogen and oxygen atoms in total. The number of ether oxygens (including phenoxy) is 1. The summed E-state index contributed by atoms with van der Waals surface area (Å²) in [6, 6.07) is 10.5. The minimum absolute atomic E-state index is 0.215. The fourth-order valence-electron chi connectivity index (χ4n) is 2.58. The second-order valence-electron chi connectivity index (χ2n) is 4.97. The Bertz CT molecular complexity index is 541. The molecule has 3 rings (SSSR count). The van der Waals surface area contributed by atoms with Crippen molar-refractivity contribution in [2.45, 2.75) is 38.0 Å². The fourth-order valence-corrected chi connectivity index (χ4v) is 2.58. The van der Waals surface area contributed by atoms with Crippen molar-refractivity contribution in [3.05, 3.63) is 42.1 Å². The van der Waals surface area contributed by atoms with Gasteiger partial charge in [0, 0.05) is 17.6 Å². The van der Waals surface area contributed by atoms with E-state index >= 15 is 0 Å². The van der Waals surface area contributed by atoms with Gasteiger partial charge in [-0.25, -0.2) is 0 Å². The van der Waals surface area contributed by atoms with Gasteiger partial charge >= 0.3 is 0 Å². The average molecular weight is 242 g/mol. The van der Waals surface area contributed by atoms with Crippen molar-refractivity contribution in [1.29, 1.82) is 0 Å². The van der Waals surface area contributed by atoms with E-state index in [2.05, 4.69) is 23.2 Å². The van der Waals surface area contributed by atoms with Gasteiger partial charge in [0.15, 0.2) is 0 Å². The van der Waals surface area contributed by atoms with Crippen molar-refractivity contribution in [2.24, 2.45) is 5.73 Å². The van der Waals surface area contributed by atoms with Crippen LogP contribution in [0.15, 0.2) is 36.5 Å². The molecule has 2 unspecified atom stereocenters. The minimum atomic E-state index is 0.215. The summed E-state index contributed by atoms with van der Waals surface area (Å²) in [5.74, 6) is 0. The normalized spacial score (nSPS) is 23.6. The zero-order valence-corrected chi connectivity index (χ0v) is 10.4. The monoisotopic (exact) mass is 242 g/mol. The molecular weight excluding hydrogens is 224 g/mol. The Labute approximate surface area is 107 Å². The van der Waals surface area contributed by atoms with Crippen LogP contribution in [-0.2, 0) is 11.3 Å². The predicted molar refractivity (Wildman–Crippen MR) is 72.1 cm³/mol. The molecule has 0 aliphatic heterocycles. The third-order valence-corrected chi connectivity index (χ3v) is 3.64. The van der Waals surface area contributed by atoms with Crippen molar-refractivity contribution >= 4 is 10.9 Å². The smallest absolute Gasteiger partial charge is 0.0730 e. The lowest BCUT2D eigenvalue weighted by atomic mass is 10.1. The minimum Gasteiger partial charge on any atom is -0.372 e. The van der Waals surface area contributed by atoms with Gasteiger partial charge in [-0.05, 0) is 43.0 Å². The molecular formula is C15H18N2O. The van der Waals surface area contributed by atoms with Crippen LogP contribution < -0.4 is 5.73 Å². The summed E-state index contributed by atoms with van der Waals surface area (Å²) in [7, 11) is 0. The van der Waals surface area contributed by atoms with Gasteiger partial charge < -0.3 is 10.5 Å². The Hall–Kier alpha value is -1.45. The number of pyridine rings is 1. The molecule has 1 fully saturated rings. The highest BCUT2D eigenvalue weighted by Crippen LogP contribution is 2.22. The fraction of sp³-hybridized carbons (Fsp3) is 0.400. The van der Waals surface area contributed by atoms with Gasteiger partial charge in [-0.3, -0.25) is 4.98 Å². The molecule has 1 saturated carbocycles. The zero-order valence-electron chi connectivity index (χ0n) is 10.4. The number of hydrogen-bond acceptors (Lipinski definition) is 3. The average Bonchev–Trinajstić information content (AvgIpc) is 2.82. The summed E-state index contributed by atoms with van der Waals surface area (Å²) in [5.41, 5.74) is 8.21. The van der Waals surface area contributed by atoms with Crippen molar-refractivity contribution in [2.75, 3.05) is 0 Å². The molecule has 1 heterocycles. The van der Waals surface area contributed by atoms with E-state index in [1.807, 2.05) is 18.3 Å². The number of hydrogen-bond donors (Lipinski definition) is 1. The Morgan fingerprint density at radius 3 is 3.06 bits per heavy atom. The largest absolute Gasteiger partial charge is 0.372 e. The number of aromatic nitrogens is 1. The summed E-state index contributed by atoms with van der Waals surface area (Å²) in [6.07, 6.45) is 5.42. The molecule has 3 heteroatoms.